The molecule has 2 unspecified atom stereocenters. The number of fused-ring (bicyclic) bond motifs is 2. The summed E-state index contributed by atoms with van der Waals surface area (Å²) in [6, 6.07) is 12.4. The highest BCUT2D eigenvalue weighted by Gasteiger charge is 2.37. The molecule has 4 aromatic rings. The van der Waals surface area contributed by atoms with Gasteiger partial charge < -0.3 is 29.5 Å². The number of quaternary nitrogens is 1. The summed E-state index contributed by atoms with van der Waals surface area (Å²) in [6.45, 7) is 5.86. The van der Waals surface area contributed by atoms with Gasteiger partial charge in [-0.2, -0.15) is 14.6 Å². The van der Waals surface area contributed by atoms with Crippen LogP contribution in [0.4, 0.5) is 5.82 Å². The van der Waals surface area contributed by atoms with Crippen LogP contribution in [0.15, 0.2) is 48.9 Å². The number of likely N-dealkylation sites (N-methyl/N-ethyl adjacent to an activating group) is 1. The van der Waals surface area contributed by atoms with Gasteiger partial charge in [-0.3, -0.25) is 9.59 Å². The first kappa shape index (κ1) is 33.5. The summed E-state index contributed by atoms with van der Waals surface area (Å²) in [6.07, 6.45) is 8.45. The molecule has 13 heteroatoms. The molecule has 13 nitrogen and oxygen atoms in total. The Hall–Kier alpha value is -4.36. The Labute approximate surface area is 281 Å². The van der Waals surface area contributed by atoms with Crippen molar-refractivity contribution < 1.29 is 23.5 Å². The second kappa shape index (κ2) is 14.8. The van der Waals surface area contributed by atoms with Crippen molar-refractivity contribution in [3.05, 3.63) is 54.6 Å². The lowest BCUT2D eigenvalue weighted by molar-refractivity contribution is -0.892. The quantitative estimate of drug-likeness (QED) is 0.180. The zero-order valence-corrected chi connectivity index (χ0v) is 28.3. The first-order valence-electron chi connectivity index (χ1n) is 17.1. The third-order valence-electron chi connectivity index (χ3n) is 9.57. The minimum absolute atomic E-state index is 0.0115. The minimum atomic E-state index is -0.499. The number of anilines is 1. The predicted molar refractivity (Wildman–Crippen MR) is 182 cm³/mol. The normalized spacial score (nSPS) is 19.1. The van der Waals surface area contributed by atoms with Gasteiger partial charge >= 0.3 is 0 Å². The van der Waals surface area contributed by atoms with Crippen molar-refractivity contribution in [3.63, 3.8) is 0 Å². The molecule has 256 valence electrons. The second-order valence-corrected chi connectivity index (χ2v) is 13.8. The van der Waals surface area contributed by atoms with Gasteiger partial charge in [0.1, 0.15) is 31.2 Å². The molecule has 6 rings (SSSR count). The predicted octanol–water partition coefficient (Wildman–Crippen LogP) is 2.86. The maximum Gasteiger partial charge on any atom is 0.254 e. The summed E-state index contributed by atoms with van der Waals surface area (Å²) in [5.74, 6) is 1.23. The molecule has 0 saturated carbocycles. The summed E-state index contributed by atoms with van der Waals surface area (Å²) in [4.78, 5) is 43.0. The van der Waals surface area contributed by atoms with Crippen molar-refractivity contribution >= 4 is 34.2 Å². The monoisotopic (exact) mass is 658 g/mol. The lowest BCUT2D eigenvalue weighted by Gasteiger charge is -2.33. The number of unbranched alkanes of at least 4 members (excludes halogenated alkanes) is 1. The number of rotatable bonds is 16. The van der Waals surface area contributed by atoms with Crippen LogP contribution < -0.4 is 15.4 Å². The molecule has 3 aromatic heterocycles. The molecular weight excluding hydrogens is 610 g/mol. The first-order chi connectivity index (χ1) is 23.2. The Morgan fingerprint density at radius 2 is 2.04 bits per heavy atom. The minimum Gasteiger partial charge on any atom is -0.471 e. The van der Waals surface area contributed by atoms with E-state index >= 15 is 0 Å². The van der Waals surface area contributed by atoms with Crippen molar-refractivity contribution in [2.24, 2.45) is 11.7 Å². The van der Waals surface area contributed by atoms with Crippen LogP contribution in [0.3, 0.4) is 0 Å². The van der Waals surface area contributed by atoms with Crippen LogP contribution in [-0.4, -0.2) is 118 Å². The number of likely N-dealkylation sites (tertiary alicyclic amines) is 1. The number of nitrogens with two attached hydrogens (primary N) is 1. The molecule has 48 heavy (non-hydrogen) atoms. The molecule has 0 spiro atoms. The highest BCUT2D eigenvalue weighted by molar-refractivity contribution is 5.87. The maximum absolute atomic E-state index is 13.1. The van der Waals surface area contributed by atoms with E-state index in [1.54, 1.807) is 15.6 Å². The number of pyridine rings is 1. The third kappa shape index (κ3) is 7.84. The number of nitrogens with zero attached hydrogens (tertiary/aromatic N) is 8. The van der Waals surface area contributed by atoms with Gasteiger partial charge in [0.25, 0.3) is 5.78 Å². The number of hydrogen-bond donors (Lipinski definition) is 1. The lowest BCUT2D eigenvalue weighted by Crippen LogP contribution is -2.51. The zero-order chi connectivity index (χ0) is 33.7. The molecule has 2 aliphatic heterocycles. The Kier molecular flexibility index (Phi) is 10.4. The van der Waals surface area contributed by atoms with Crippen LogP contribution in [0.2, 0.25) is 0 Å². The van der Waals surface area contributed by atoms with Crippen molar-refractivity contribution in [2.75, 3.05) is 64.9 Å². The van der Waals surface area contributed by atoms with Gasteiger partial charge in [-0.25, -0.2) is 9.97 Å². The van der Waals surface area contributed by atoms with Crippen LogP contribution in [-0.2, 0) is 20.7 Å². The summed E-state index contributed by atoms with van der Waals surface area (Å²) in [7, 11) is 4.12. The number of aromatic nitrogens is 5. The SMILES string of the molecule is CCCCc1cc2ccccc2c(OCC[N+](C)(C)CC(CN2CC(OC[C@H]3CCCN3c3ccnc4ncnn34)CC2=O)C(N)=O)n1. The van der Waals surface area contributed by atoms with Gasteiger partial charge in [-0.15, -0.1) is 0 Å². The van der Waals surface area contributed by atoms with Crippen LogP contribution >= 0.6 is 0 Å². The average molecular weight is 659 g/mol. The Morgan fingerprint density at radius 3 is 2.88 bits per heavy atom. The van der Waals surface area contributed by atoms with Gasteiger partial charge in [-0.1, -0.05) is 31.5 Å². The molecule has 3 atom stereocenters. The zero-order valence-electron chi connectivity index (χ0n) is 28.3. The number of primary amides is 1. The fourth-order valence-corrected chi connectivity index (χ4v) is 6.92. The van der Waals surface area contributed by atoms with Crippen LogP contribution in [0.25, 0.3) is 16.6 Å². The van der Waals surface area contributed by atoms with E-state index in [1.165, 1.54) is 6.33 Å². The van der Waals surface area contributed by atoms with E-state index in [2.05, 4.69) is 53.1 Å². The molecular formula is C35H48N9O4+. The van der Waals surface area contributed by atoms with Crippen LogP contribution in [0.5, 0.6) is 5.88 Å². The molecule has 0 aliphatic carbocycles. The molecule has 0 bridgehead atoms. The van der Waals surface area contributed by atoms with Crippen molar-refractivity contribution in [3.8, 4) is 5.88 Å². The molecule has 2 fully saturated rings. The van der Waals surface area contributed by atoms with Crippen molar-refractivity contribution in [2.45, 2.75) is 57.6 Å². The highest BCUT2D eigenvalue weighted by Crippen LogP contribution is 2.28. The van der Waals surface area contributed by atoms with E-state index in [-0.39, 0.29) is 24.6 Å². The number of ether oxygens (including phenoxy) is 2. The first-order valence-corrected chi connectivity index (χ1v) is 17.1. The average Bonchev–Trinajstić information content (AvgIpc) is 3.82. The number of benzene rings is 1. The standard InChI is InChI=1S/C35H47N9O4/c1-4-5-10-27-18-25-9-6-7-12-30(25)34(40-27)47-17-16-44(2,3)22-26(33(36)46)20-41-21-29(19-32(41)45)48-23-28-11-8-15-42(28)31-13-14-37-35-38-24-39-43(31)35/h6-7,9,12-14,18,24,26,28-29H,4-5,8,10-11,15-17,19-23H2,1-3H3,(H-,36,46)/p+1/t26?,28-,29?/m1/s1. The largest absolute Gasteiger partial charge is 0.471 e. The van der Waals surface area contributed by atoms with E-state index < -0.39 is 11.8 Å². The molecule has 0 radical (unpaired) electrons. The van der Waals surface area contributed by atoms with Crippen molar-refractivity contribution in [1.82, 2.24) is 29.5 Å². The third-order valence-corrected chi connectivity index (χ3v) is 9.57. The summed E-state index contributed by atoms with van der Waals surface area (Å²) in [5, 5.41) is 6.45. The van der Waals surface area contributed by atoms with Gasteiger partial charge in [0.15, 0.2) is 0 Å². The van der Waals surface area contributed by atoms with E-state index in [9.17, 15) is 9.59 Å². The van der Waals surface area contributed by atoms with Crippen LogP contribution in [0, 0.1) is 5.92 Å². The Bertz CT molecular complexity index is 1730. The topological polar surface area (TPSA) is 141 Å². The molecule has 2 amide bonds. The molecule has 5 heterocycles. The van der Waals surface area contributed by atoms with Gasteiger partial charge in [0, 0.05) is 36.9 Å². The molecule has 1 aromatic carbocycles. The Balaban J connectivity index is 1.01. The number of carbonyl (C=O) groups excluding carboxylic acids is 2. The number of amides is 2. The molecule has 2 saturated heterocycles. The Morgan fingerprint density at radius 1 is 1.19 bits per heavy atom. The fraction of sp³-hybridized carbons (Fsp3) is 0.543. The van der Waals surface area contributed by atoms with E-state index in [4.69, 9.17) is 20.2 Å². The van der Waals surface area contributed by atoms with E-state index in [1.807, 2.05) is 24.3 Å². The van der Waals surface area contributed by atoms with Crippen LogP contribution in [0.1, 0.15) is 44.7 Å². The summed E-state index contributed by atoms with van der Waals surface area (Å²) >= 11 is 0. The summed E-state index contributed by atoms with van der Waals surface area (Å²) < 4.78 is 14.8. The van der Waals surface area contributed by atoms with E-state index in [0.29, 0.717) is 55.4 Å². The molecule has 2 aliphatic rings. The van der Waals surface area contributed by atoms with Gasteiger partial charge in [0.05, 0.1) is 45.8 Å². The maximum atomic E-state index is 13.1. The smallest absolute Gasteiger partial charge is 0.254 e. The number of carbonyl (C=O) groups is 2. The molecule has 2 N–H and O–H groups in total. The van der Waals surface area contributed by atoms with Gasteiger partial charge in [0.2, 0.25) is 17.7 Å². The second-order valence-electron chi connectivity index (χ2n) is 13.8. The number of hydrogen-bond acceptors (Lipinski definition) is 9. The summed E-state index contributed by atoms with van der Waals surface area (Å²) in [5.41, 5.74) is 6.94. The lowest BCUT2D eigenvalue weighted by atomic mass is 10.1. The van der Waals surface area contributed by atoms with Gasteiger partial charge in [-0.05, 0) is 49.3 Å². The number of aryl methyl sites for hydroxylation is 1. The fourth-order valence-electron chi connectivity index (χ4n) is 6.92. The van der Waals surface area contributed by atoms with Crippen molar-refractivity contribution in [1.29, 1.82) is 0 Å². The highest BCUT2D eigenvalue weighted by atomic mass is 16.5. The van der Waals surface area contributed by atoms with E-state index in [0.717, 1.165) is 60.9 Å².